The van der Waals surface area contributed by atoms with Crippen LogP contribution in [0.1, 0.15) is 25.3 Å². The molecule has 0 aromatic carbocycles. The lowest BCUT2D eigenvalue weighted by atomic mass is 9.92. The third-order valence-electron chi connectivity index (χ3n) is 5.13. The van der Waals surface area contributed by atoms with Crippen LogP contribution in [0.4, 0.5) is 5.69 Å². The fourth-order valence-electron chi connectivity index (χ4n) is 3.31. The summed E-state index contributed by atoms with van der Waals surface area (Å²) in [5.41, 5.74) is 0.727. The molecule has 0 spiro atoms. The van der Waals surface area contributed by atoms with Crippen LogP contribution in [0.25, 0.3) is 10.9 Å². The molecule has 3 heterocycles. The molecule has 8 nitrogen and oxygen atoms in total. The zero-order chi connectivity index (χ0) is 19.4. The Hall–Kier alpha value is -2.63. The Labute approximate surface area is 157 Å². The van der Waals surface area contributed by atoms with E-state index in [4.69, 9.17) is 14.2 Å². The third kappa shape index (κ3) is 3.89. The standard InChI is InChI=1S/C19H24N4O4/c1-19(26-3)4-6-23(7-5-19)17-13-10-16(27-9-8-25-2)21-12-15(13)22-18(24)14(17)11-20/h10,12H,4-9H2,1-3H3,(H,22,24). The van der Waals surface area contributed by atoms with Crippen LogP contribution in [0.2, 0.25) is 0 Å². The average molecular weight is 372 g/mol. The Kier molecular flexibility index (Phi) is 5.63. The van der Waals surface area contributed by atoms with Crippen molar-refractivity contribution in [1.82, 2.24) is 9.97 Å². The summed E-state index contributed by atoms with van der Waals surface area (Å²) >= 11 is 0. The number of pyridine rings is 2. The maximum absolute atomic E-state index is 12.4. The van der Waals surface area contributed by atoms with Gasteiger partial charge in [-0.15, -0.1) is 0 Å². The fourth-order valence-corrected chi connectivity index (χ4v) is 3.31. The van der Waals surface area contributed by atoms with Gasteiger partial charge in [-0.2, -0.15) is 5.26 Å². The van der Waals surface area contributed by atoms with E-state index in [0.29, 0.717) is 43.4 Å². The molecule has 1 N–H and O–H groups in total. The van der Waals surface area contributed by atoms with Crippen molar-refractivity contribution in [1.29, 1.82) is 5.26 Å². The number of rotatable bonds is 6. The second-order valence-electron chi connectivity index (χ2n) is 6.84. The van der Waals surface area contributed by atoms with Gasteiger partial charge in [0.2, 0.25) is 5.88 Å². The maximum atomic E-state index is 12.4. The number of ether oxygens (including phenoxy) is 3. The first-order chi connectivity index (χ1) is 13.0. The van der Waals surface area contributed by atoms with Crippen LogP contribution in [-0.4, -0.2) is 56.1 Å². The molecule has 2 aromatic heterocycles. The molecule has 0 radical (unpaired) electrons. The first-order valence-electron chi connectivity index (χ1n) is 8.89. The van der Waals surface area contributed by atoms with Gasteiger partial charge in [0.05, 0.1) is 29.6 Å². The van der Waals surface area contributed by atoms with E-state index in [1.165, 1.54) is 0 Å². The zero-order valence-electron chi connectivity index (χ0n) is 15.9. The highest BCUT2D eigenvalue weighted by molar-refractivity contribution is 5.94. The molecule has 0 bridgehead atoms. The van der Waals surface area contributed by atoms with Gasteiger partial charge in [-0.05, 0) is 19.8 Å². The summed E-state index contributed by atoms with van der Waals surface area (Å²) in [5.74, 6) is 0.426. The number of methoxy groups -OCH3 is 2. The lowest BCUT2D eigenvalue weighted by Gasteiger charge is -2.40. The van der Waals surface area contributed by atoms with E-state index in [1.54, 1.807) is 26.5 Å². The van der Waals surface area contributed by atoms with E-state index in [2.05, 4.69) is 27.9 Å². The molecule has 1 aliphatic rings. The van der Waals surface area contributed by atoms with Crippen molar-refractivity contribution in [2.24, 2.45) is 0 Å². The number of fused-ring (bicyclic) bond motifs is 1. The minimum atomic E-state index is -0.407. The van der Waals surface area contributed by atoms with Crippen LogP contribution >= 0.6 is 0 Å². The second kappa shape index (κ2) is 7.94. The molecule has 1 saturated heterocycles. The number of aromatic amines is 1. The van der Waals surface area contributed by atoms with E-state index in [1.807, 2.05) is 0 Å². The van der Waals surface area contributed by atoms with E-state index < -0.39 is 5.56 Å². The van der Waals surface area contributed by atoms with Gasteiger partial charge in [-0.1, -0.05) is 0 Å². The van der Waals surface area contributed by atoms with Gasteiger partial charge < -0.3 is 24.1 Å². The highest BCUT2D eigenvalue weighted by Gasteiger charge is 2.32. The normalized spacial score (nSPS) is 16.3. The Balaban J connectivity index is 2.04. The molecule has 8 heteroatoms. The Morgan fingerprint density at radius 3 is 2.70 bits per heavy atom. The summed E-state index contributed by atoms with van der Waals surface area (Å²) in [6.07, 6.45) is 3.18. The van der Waals surface area contributed by atoms with E-state index in [-0.39, 0.29) is 11.2 Å². The van der Waals surface area contributed by atoms with Crippen LogP contribution in [0.3, 0.4) is 0 Å². The Bertz CT molecular complexity index is 910. The molecule has 1 fully saturated rings. The average Bonchev–Trinajstić information content (AvgIpc) is 2.68. The first-order valence-corrected chi connectivity index (χ1v) is 8.89. The minimum Gasteiger partial charge on any atom is -0.475 e. The summed E-state index contributed by atoms with van der Waals surface area (Å²) in [6.45, 7) is 4.29. The Morgan fingerprint density at radius 1 is 1.33 bits per heavy atom. The van der Waals surface area contributed by atoms with Crippen LogP contribution in [-0.2, 0) is 9.47 Å². The van der Waals surface area contributed by atoms with Crippen molar-refractivity contribution >= 4 is 16.6 Å². The molecule has 0 atom stereocenters. The zero-order valence-corrected chi connectivity index (χ0v) is 15.9. The van der Waals surface area contributed by atoms with Gasteiger partial charge in [0.15, 0.2) is 0 Å². The topological polar surface area (TPSA) is 100 Å². The van der Waals surface area contributed by atoms with Gasteiger partial charge in [0.1, 0.15) is 18.2 Å². The smallest absolute Gasteiger partial charge is 0.268 e. The molecular formula is C19H24N4O4. The van der Waals surface area contributed by atoms with Crippen molar-refractivity contribution in [3.05, 3.63) is 28.2 Å². The molecule has 0 unspecified atom stereocenters. The van der Waals surface area contributed by atoms with Crippen LogP contribution in [0.15, 0.2) is 17.1 Å². The predicted octanol–water partition coefficient (Wildman–Crippen LogP) is 1.83. The van der Waals surface area contributed by atoms with Gasteiger partial charge in [0, 0.05) is 38.8 Å². The number of anilines is 1. The number of hydrogen-bond donors (Lipinski definition) is 1. The van der Waals surface area contributed by atoms with E-state index >= 15 is 0 Å². The summed E-state index contributed by atoms with van der Waals surface area (Å²) in [4.78, 5) is 21.4. The molecule has 2 aromatic rings. The summed E-state index contributed by atoms with van der Waals surface area (Å²) in [5, 5.41) is 10.3. The lowest BCUT2D eigenvalue weighted by Crippen LogP contribution is -2.44. The molecule has 27 heavy (non-hydrogen) atoms. The minimum absolute atomic E-state index is 0.109. The van der Waals surface area contributed by atoms with Crippen LogP contribution in [0.5, 0.6) is 5.88 Å². The highest BCUT2D eigenvalue weighted by atomic mass is 16.5. The third-order valence-corrected chi connectivity index (χ3v) is 5.13. The molecule has 0 aliphatic carbocycles. The predicted molar refractivity (Wildman–Crippen MR) is 101 cm³/mol. The van der Waals surface area contributed by atoms with Crippen molar-refractivity contribution in [3.63, 3.8) is 0 Å². The summed E-state index contributed by atoms with van der Waals surface area (Å²) < 4.78 is 16.2. The summed E-state index contributed by atoms with van der Waals surface area (Å²) in [7, 11) is 3.32. The first kappa shape index (κ1) is 19.1. The van der Waals surface area contributed by atoms with Crippen LogP contribution in [0, 0.1) is 11.3 Å². The molecule has 144 valence electrons. The Morgan fingerprint density at radius 2 is 2.07 bits per heavy atom. The maximum Gasteiger partial charge on any atom is 0.268 e. The van der Waals surface area contributed by atoms with Crippen molar-refractivity contribution in [2.45, 2.75) is 25.4 Å². The van der Waals surface area contributed by atoms with Crippen molar-refractivity contribution in [2.75, 3.05) is 45.4 Å². The number of nitriles is 1. The molecule has 0 saturated carbocycles. The monoisotopic (exact) mass is 372 g/mol. The lowest BCUT2D eigenvalue weighted by molar-refractivity contribution is -0.0132. The van der Waals surface area contributed by atoms with Crippen molar-refractivity contribution in [3.8, 4) is 11.9 Å². The molecular weight excluding hydrogens is 348 g/mol. The van der Waals surface area contributed by atoms with Gasteiger partial charge in [-0.3, -0.25) is 4.79 Å². The number of nitrogens with zero attached hydrogens (tertiary/aromatic N) is 3. The summed E-state index contributed by atoms with van der Waals surface area (Å²) in [6, 6.07) is 3.83. The van der Waals surface area contributed by atoms with Gasteiger partial charge >= 0.3 is 0 Å². The highest BCUT2D eigenvalue weighted by Crippen LogP contribution is 2.34. The van der Waals surface area contributed by atoms with Crippen molar-refractivity contribution < 1.29 is 14.2 Å². The molecule has 1 aliphatic heterocycles. The number of piperidine rings is 1. The largest absolute Gasteiger partial charge is 0.475 e. The van der Waals surface area contributed by atoms with Gasteiger partial charge in [-0.25, -0.2) is 4.98 Å². The fraction of sp³-hybridized carbons (Fsp3) is 0.526. The number of nitrogens with one attached hydrogen (secondary N) is 1. The van der Waals surface area contributed by atoms with Gasteiger partial charge in [0.25, 0.3) is 5.56 Å². The SMILES string of the molecule is COCCOc1cc2c(N3CCC(C)(OC)CC3)c(C#N)c(=O)[nH]c2cn1. The number of H-pyrrole nitrogens is 1. The van der Waals surface area contributed by atoms with Crippen LogP contribution < -0.4 is 15.2 Å². The van der Waals surface area contributed by atoms with E-state index in [0.717, 1.165) is 18.2 Å². The quantitative estimate of drug-likeness (QED) is 0.772. The van der Waals surface area contributed by atoms with E-state index in [9.17, 15) is 10.1 Å². The number of aromatic nitrogens is 2. The molecule has 0 amide bonds. The second-order valence-corrected chi connectivity index (χ2v) is 6.84. The number of hydrogen-bond acceptors (Lipinski definition) is 7. The molecule has 3 rings (SSSR count).